The molecule has 24 heavy (non-hydrogen) atoms. The third-order valence-electron chi connectivity index (χ3n) is 4.73. The summed E-state index contributed by atoms with van der Waals surface area (Å²) in [5.74, 6) is 1.45. The number of carbonyl (C=O) groups is 1. The minimum Gasteiger partial charge on any atom is -0.497 e. The topological polar surface area (TPSA) is 56.6 Å². The van der Waals surface area contributed by atoms with Crippen molar-refractivity contribution in [3.8, 4) is 11.5 Å². The van der Waals surface area contributed by atoms with Gasteiger partial charge in [0.05, 0.1) is 37.7 Å². The van der Waals surface area contributed by atoms with E-state index in [-0.39, 0.29) is 5.91 Å². The van der Waals surface area contributed by atoms with E-state index in [0.29, 0.717) is 23.9 Å². The fraction of sp³-hybridized carbons (Fsp3) is 0.444. The Morgan fingerprint density at radius 2 is 2.08 bits per heavy atom. The molecule has 2 aromatic rings. The van der Waals surface area contributed by atoms with Crippen LogP contribution in [0.1, 0.15) is 41.2 Å². The first-order chi connectivity index (χ1) is 11.7. The van der Waals surface area contributed by atoms with Crippen LogP contribution in [0.15, 0.2) is 24.5 Å². The number of methoxy groups -OCH3 is 2. The van der Waals surface area contributed by atoms with E-state index in [9.17, 15) is 4.79 Å². The van der Waals surface area contributed by atoms with Crippen molar-refractivity contribution < 1.29 is 14.3 Å². The zero-order valence-corrected chi connectivity index (χ0v) is 14.0. The molecule has 1 aromatic carbocycles. The van der Waals surface area contributed by atoms with Crippen molar-refractivity contribution in [3.05, 3.63) is 35.7 Å². The van der Waals surface area contributed by atoms with Crippen LogP contribution in [0.25, 0.3) is 0 Å². The van der Waals surface area contributed by atoms with Crippen molar-refractivity contribution in [3.63, 3.8) is 0 Å². The van der Waals surface area contributed by atoms with E-state index in [0.717, 1.165) is 42.7 Å². The Bertz CT molecular complexity index is 780. The van der Waals surface area contributed by atoms with Crippen molar-refractivity contribution in [2.24, 2.45) is 0 Å². The Morgan fingerprint density at radius 1 is 1.25 bits per heavy atom. The highest BCUT2D eigenvalue weighted by Crippen LogP contribution is 2.39. The van der Waals surface area contributed by atoms with Gasteiger partial charge in [0.25, 0.3) is 5.91 Å². The van der Waals surface area contributed by atoms with E-state index in [1.54, 1.807) is 20.4 Å². The van der Waals surface area contributed by atoms with Crippen molar-refractivity contribution in [2.45, 2.75) is 31.7 Å². The Hall–Kier alpha value is -2.50. The Morgan fingerprint density at radius 3 is 2.79 bits per heavy atom. The van der Waals surface area contributed by atoms with Crippen LogP contribution in [0.5, 0.6) is 11.5 Å². The molecule has 1 amide bonds. The lowest BCUT2D eigenvalue weighted by molar-refractivity contribution is 0.0985. The molecule has 0 N–H and O–H groups in total. The van der Waals surface area contributed by atoms with Crippen LogP contribution in [0, 0.1) is 0 Å². The average Bonchev–Trinajstić information content (AvgIpc) is 3.36. The summed E-state index contributed by atoms with van der Waals surface area (Å²) in [6.45, 7) is 0.691. The second-order valence-corrected chi connectivity index (χ2v) is 6.33. The number of hydrogen-bond donors (Lipinski definition) is 0. The SMILES string of the molecule is COc1cc(OC)c2c(c1)N(C(=O)c1cnn(C3CC3)c1)CCC2. The van der Waals surface area contributed by atoms with Gasteiger partial charge in [-0.05, 0) is 25.7 Å². The van der Waals surface area contributed by atoms with Crippen LogP contribution < -0.4 is 14.4 Å². The summed E-state index contributed by atoms with van der Waals surface area (Å²) in [7, 11) is 3.27. The van der Waals surface area contributed by atoms with Gasteiger partial charge in [0.1, 0.15) is 11.5 Å². The smallest absolute Gasteiger partial charge is 0.261 e. The van der Waals surface area contributed by atoms with Gasteiger partial charge in [-0.2, -0.15) is 5.10 Å². The van der Waals surface area contributed by atoms with Gasteiger partial charge in [-0.1, -0.05) is 0 Å². The monoisotopic (exact) mass is 327 g/mol. The molecule has 2 aliphatic rings. The lowest BCUT2D eigenvalue weighted by atomic mass is 9.99. The summed E-state index contributed by atoms with van der Waals surface area (Å²) in [5.41, 5.74) is 2.57. The third-order valence-corrected chi connectivity index (χ3v) is 4.73. The number of nitrogens with zero attached hydrogens (tertiary/aromatic N) is 3. The largest absolute Gasteiger partial charge is 0.497 e. The van der Waals surface area contributed by atoms with Crippen molar-refractivity contribution in [1.82, 2.24) is 9.78 Å². The molecule has 0 atom stereocenters. The highest BCUT2D eigenvalue weighted by molar-refractivity contribution is 6.06. The van der Waals surface area contributed by atoms with Crippen LogP contribution in [-0.4, -0.2) is 36.5 Å². The first-order valence-electron chi connectivity index (χ1n) is 8.32. The molecule has 126 valence electrons. The number of aromatic nitrogens is 2. The lowest BCUT2D eigenvalue weighted by Gasteiger charge is -2.30. The minimum absolute atomic E-state index is 0.0156. The molecule has 1 aromatic heterocycles. The molecule has 6 heteroatoms. The predicted molar refractivity (Wildman–Crippen MR) is 90.0 cm³/mol. The summed E-state index contributed by atoms with van der Waals surface area (Å²) in [4.78, 5) is 14.8. The van der Waals surface area contributed by atoms with Gasteiger partial charge < -0.3 is 14.4 Å². The molecule has 4 rings (SSSR count). The quantitative estimate of drug-likeness (QED) is 0.866. The summed E-state index contributed by atoms with van der Waals surface area (Å²) < 4.78 is 12.8. The number of anilines is 1. The molecule has 0 spiro atoms. The zero-order chi connectivity index (χ0) is 16.7. The highest BCUT2D eigenvalue weighted by atomic mass is 16.5. The van der Waals surface area contributed by atoms with E-state index in [1.807, 2.05) is 27.9 Å². The molecule has 2 heterocycles. The van der Waals surface area contributed by atoms with Crippen LogP contribution in [0.3, 0.4) is 0 Å². The number of ether oxygens (including phenoxy) is 2. The second-order valence-electron chi connectivity index (χ2n) is 6.33. The summed E-state index contributed by atoms with van der Waals surface area (Å²) >= 11 is 0. The maximum atomic E-state index is 13.0. The van der Waals surface area contributed by atoms with Gasteiger partial charge in [0.2, 0.25) is 0 Å². The molecule has 1 saturated carbocycles. The van der Waals surface area contributed by atoms with E-state index in [1.165, 1.54) is 0 Å². The molecule has 0 radical (unpaired) electrons. The average molecular weight is 327 g/mol. The predicted octanol–water partition coefficient (Wildman–Crippen LogP) is 2.83. The Kier molecular flexibility index (Phi) is 3.67. The number of fused-ring (bicyclic) bond motifs is 1. The molecule has 6 nitrogen and oxygen atoms in total. The van der Waals surface area contributed by atoms with Gasteiger partial charge in [-0.3, -0.25) is 9.48 Å². The van der Waals surface area contributed by atoms with Gasteiger partial charge in [-0.25, -0.2) is 0 Å². The van der Waals surface area contributed by atoms with Gasteiger partial charge in [0.15, 0.2) is 0 Å². The molecule has 1 aliphatic carbocycles. The first kappa shape index (κ1) is 15.1. The van der Waals surface area contributed by atoms with E-state index < -0.39 is 0 Å². The Balaban J connectivity index is 1.70. The molecule has 1 fully saturated rings. The molecule has 0 bridgehead atoms. The van der Waals surface area contributed by atoms with Crippen LogP contribution in [-0.2, 0) is 6.42 Å². The fourth-order valence-electron chi connectivity index (χ4n) is 3.29. The summed E-state index contributed by atoms with van der Waals surface area (Å²) in [6, 6.07) is 4.26. The van der Waals surface area contributed by atoms with Crippen molar-refractivity contribution in [2.75, 3.05) is 25.7 Å². The van der Waals surface area contributed by atoms with Gasteiger partial charge in [0, 0.05) is 30.4 Å². The molecule has 1 aliphatic heterocycles. The van der Waals surface area contributed by atoms with E-state index in [4.69, 9.17) is 9.47 Å². The molecule has 0 unspecified atom stereocenters. The van der Waals surface area contributed by atoms with Gasteiger partial charge in [-0.15, -0.1) is 0 Å². The number of carbonyl (C=O) groups excluding carboxylic acids is 1. The Labute approximate surface area is 141 Å². The molecular formula is C18H21N3O3. The third kappa shape index (κ3) is 2.52. The van der Waals surface area contributed by atoms with E-state index >= 15 is 0 Å². The van der Waals surface area contributed by atoms with E-state index in [2.05, 4.69) is 5.10 Å². The number of benzene rings is 1. The second kappa shape index (κ2) is 5.85. The minimum atomic E-state index is -0.0156. The van der Waals surface area contributed by atoms with Gasteiger partial charge >= 0.3 is 0 Å². The van der Waals surface area contributed by atoms with Crippen molar-refractivity contribution in [1.29, 1.82) is 0 Å². The number of hydrogen-bond acceptors (Lipinski definition) is 4. The normalized spacial score (nSPS) is 16.7. The van der Waals surface area contributed by atoms with Crippen molar-refractivity contribution >= 4 is 11.6 Å². The standard InChI is InChI=1S/C18H21N3O3/c1-23-14-8-16-15(17(9-14)24-2)4-3-7-20(16)18(22)12-10-19-21(11-12)13-5-6-13/h8-11,13H,3-7H2,1-2H3. The highest BCUT2D eigenvalue weighted by Gasteiger charge is 2.29. The molecular weight excluding hydrogens is 306 g/mol. The number of rotatable bonds is 4. The number of amides is 1. The van der Waals surface area contributed by atoms with Crippen LogP contribution >= 0.6 is 0 Å². The summed E-state index contributed by atoms with van der Waals surface area (Å²) in [6.07, 6.45) is 7.65. The van der Waals surface area contributed by atoms with Crippen LogP contribution in [0.4, 0.5) is 5.69 Å². The fourth-order valence-corrected chi connectivity index (χ4v) is 3.29. The van der Waals surface area contributed by atoms with Crippen LogP contribution in [0.2, 0.25) is 0 Å². The zero-order valence-electron chi connectivity index (χ0n) is 14.0. The molecule has 0 saturated heterocycles. The summed E-state index contributed by atoms with van der Waals surface area (Å²) in [5, 5.41) is 4.34. The maximum Gasteiger partial charge on any atom is 0.261 e. The first-order valence-corrected chi connectivity index (χ1v) is 8.32. The maximum absolute atomic E-state index is 13.0. The lowest BCUT2D eigenvalue weighted by Crippen LogP contribution is -2.35.